The van der Waals surface area contributed by atoms with E-state index in [4.69, 9.17) is 5.11 Å². The minimum atomic E-state index is -4.56. The van der Waals surface area contributed by atoms with Gasteiger partial charge in [-0.15, -0.1) is 0 Å². The van der Waals surface area contributed by atoms with Crippen molar-refractivity contribution >= 4 is 5.97 Å². The highest BCUT2D eigenvalue weighted by atomic mass is 19.4. The SMILES string of the molecule is CC(C)=CCCC(=CC(=O)O)C(F)(F)F. The summed E-state index contributed by atoms with van der Waals surface area (Å²) in [6, 6.07) is 0. The molecule has 0 unspecified atom stereocenters. The summed E-state index contributed by atoms with van der Waals surface area (Å²) in [5.74, 6) is -1.57. The van der Waals surface area contributed by atoms with Crippen molar-refractivity contribution in [3.8, 4) is 0 Å². The first kappa shape index (κ1) is 13.7. The third-order valence-corrected chi connectivity index (χ3v) is 1.63. The number of rotatable bonds is 4. The Morgan fingerprint density at radius 2 is 1.87 bits per heavy atom. The molecular weight excluding hydrogens is 209 g/mol. The van der Waals surface area contributed by atoms with Gasteiger partial charge in [0, 0.05) is 11.6 Å². The van der Waals surface area contributed by atoms with E-state index in [1.807, 2.05) is 0 Å². The Morgan fingerprint density at radius 1 is 1.33 bits per heavy atom. The van der Waals surface area contributed by atoms with Crippen LogP contribution in [0.3, 0.4) is 0 Å². The van der Waals surface area contributed by atoms with Crippen LogP contribution in [0.4, 0.5) is 13.2 Å². The Hall–Kier alpha value is -1.26. The molecule has 0 aliphatic heterocycles. The maximum Gasteiger partial charge on any atom is 0.412 e. The lowest BCUT2D eigenvalue weighted by Crippen LogP contribution is -2.13. The molecule has 1 N–H and O–H groups in total. The van der Waals surface area contributed by atoms with Gasteiger partial charge in [-0.1, -0.05) is 11.6 Å². The van der Waals surface area contributed by atoms with Crippen LogP contribution >= 0.6 is 0 Å². The number of carboxylic acid groups (broad SMARTS) is 1. The highest BCUT2D eigenvalue weighted by molar-refractivity contribution is 5.80. The second-order valence-corrected chi connectivity index (χ2v) is 3.33. The molecule has 15 heavy (non-hydrogen) atoms. The van der Waals surface area contributed by atoms with Crippen molar-refractivity contribution in [2.24, 2.45) is 0 Å². The van der Waals surface area contributed by atoms with E-state index in [0.717, 1.165) is 5.57 Å². The summed E-state index contributed by atoms with van der Waals surface area (Å²) in [4.78, 5) is 10.2. The van der Waals surface area contributed by atoms with E-state index in [1.54, 1.807) is 19.9 Å². The molecule has 86 valence electrons. The average molecular weight is 222 g/mol. The lowest BCUT2D eigenvalue weighted by Gasteiger charge is -2.09. The normalized spacial score (nSPS) is 12.5. The zero-order valence-corrected chi connectivity index (χ0v) is 8.56. The molecule has 0 rings (SSSR count). The molecular formula is C10H13F3O2. The van der Waals surface area contributed by atoms with Gasteiger partial charge in [-0.3, -0.25) is 0 Å². The molecule has 0 aromatic heterocycles. The van der Waals surface area contributed by atoms with E-state index in [1.165, 1.54) is 0 Å². The Morgan fingerprint density at radius 3 is 2.20 bits per heavy atom. The smallest absolute Gasteiger partial charge is 0.412 e. The van der Waals surface area contributed by atoms with Gasteiger partial charge in [-0.2, -0.15) is 13.2 Å². The summed E-state index contributed by atoms with van der Waals surface area (Å²) in [6.07, 6.45) is -2.81. The number of carboxylic acids is 1. The average Bonchev–Trinajstić information content (AvgIpc) is 1.99. The highest BCUT2D eigenvalue weighted by Crippen LogP contribution is 2.29. The van der Waals surface area contributed by atoms with Crippen molar-refractivity contribution in [2.75, 3.05) is 0 Å². The Labute approximate surface area is 86.1 Å². The quantitative estimate of drug-likeness (QED) is 0.585. The van der Waals surface area contributed by atoms with Crippen LogP contribution in [-0.4, -0.2) is 17.3 Å². The first-order chi connectivity index (χ1) is 6.73. The van der Waals surface area contributed by atoms with Gasteiger partial charge in [0.25, 0.3) is 0 Å². The number of carbonyl (C=O) groups is 1. The molecule has 5 heteroatoms. The van der Waals surface area contributed by atoms with E-state index in [0.29, 0.717) is 0 Å². The molecule has 0 heterocycles. The van der Waals surface area contributed by atoms with Gasteiger partial charge in [0.2, 0.25) is 0 Å². The molecule has 0 atom stereocenters. The van der Waals surface area contributed by atoms with Crippen LogP contribution in [0.15, 0.2) is 23.3 Å². The van der Waals surface area contributed by atoms with Gasteiger partial charge < -0.3 is 5.11 Å². The van der Waals surface area contributed by atoms with E-state index >= 15 is 0 Å². The molecule has 0 amide bonds. The monoisotopic (exact) mass is 222 g/mol. The van der Waals surface area contributed by atoms with E-state index < -0.39 is 17.7 Å². The fraction of sp³-hybridized carbons (Fsp3) is 0.500. The summed E-state index contributed by atoms with van der Waals surface area (Å²) in [7, 11) is 0. The first-order valence-electron chi connectivity index (χ1n) is 4.37. The summed E-state index contributed by atoms with van der Waals surface area (Å²) >= 11 is 0. The fourth-order valence-corrected chi connectivity index (χ4v) is 0.961. The van der Waals surface area contributed by atoms with Crippen LogP contribution in [-0.2, 0) is 4.79 Å². The summed E-state index contributed by atoms with van der Waals surface area (Å²) in [5, 5.41) is 8.26. The minimum Gasteiger partial charge on any atom is -0.478 e. The van der Waals surface area contributed by atoms with Crippen LogP contribution in [0.2, 0.25) is 0 Å². The second kappa shape index (κ2) is 5.58. The van der Waals surface area contributed by atoms with E-state index in [2.05, 4.69) is 0 Å². The van der Waals surface area contributed by atoms with Gasteiger partial charge in [0.15, 0.2) is 0 Å². The Bertz CT molecular complexity index is 284. The van der Waals surface area contributed by atoms with Crippen molar-refractivity contribution in [1.82, 2.24) is 0 Å². The van der Waals surface area contributed by atoms with Crippen molar-refractivity contribution < 1.29 is 23.1 Å². The van der Waals surface area contributed by atoms with Gasteiger partial charge in [-0.25, -0.2) is 4.79 Å². The maximum atomic E-state index is 12.3. The third-order valence-electron chi connectivity index (χ3n) is 1.63. The Kier molecular flexibility index (Phi) is 5.11. The van der Waals surface area contributed by atoms with Gasteiger partial charge >= 0.3 is 12.1 Å². The Balaban J connectivity index is 4.55. The standard InChI is InChI=1S/C10H13F3O2/c1-7(2)4-3-5-8(6-9(14)15)10(11,12)13/h4,6H,3,5H2,1-2H3,(H,14,15). The number of alkyl halides is 3. The number of hydrogen-bond acceptors (Lipinski definition) is 1. The van der Waals surface area contributed by atoms with Crippen LogP contribution in [0.1, 0.15) is 26.7 Å². The number of hydrogen-bond donors (Lipinski definition) is 1. The van der Waals surface area contributed by atoms with E-state index in [-0.39, 0.29) is 18.9 Å². The molecule has 0 fully saturated rings. The summed E-state index contributed by atoms with van der Waals surface area (Å²) in [5.41, 5.74) is -0.0978. The van der Waals surface area contributed by atoms with Gasteiger partial charge in [0.05, 0.1) is 0 Å². The largest absolute Gasteiger partial charge is 0.478 e. The molecule has 0 aromatic carbocycles. The van der Waals surface area contributed by atoms with Crippen molar-refractivity contribution in [3.63, 3.8) is 0 Å². The molecule has 0 spiro atoms. The lowest BCUT2D eigenvalue weighted by molar-refractivity contribution is -0.132. The highest BCUT2D eigenvalue weighted by Gasteiger charge is 2.33. The molecule has 0 aliphatic carbocycles. The van der Waals surface area contributed by atoms with Crippen LogP contribution in [0.25, 0.3) is 0 Å². The van der Waals surface area contributed by atoms with Crippen molar-refractivity contribution in [2.45, 2.75) is 32.9 Å². The lowest BCUT2D eigenvalue weighted by atomic mass is 10.1. The zero-order chi connectivity index (χ0) is 12.1. The number of allylic oxidation sites excluding steroid dienone is 3. The van der Waals surface area contributed by atoms with Gasteiger partial charge in [-0.05, 0) is 26.7 Å². The summed E-state index contributed by atoms with van der Waals surface area (Å²) in [6.45, 7) is 3.54. The molecule has 2 nitrogen and oxygen atoms in total. The molecule has 0 aliphatic rings. The number of halogens is 3. The first-order valence-corrected chi connectivity index (χ1v) is 4.37. The molecule has 0 bridgehead atoms. The third kappa shape index (κ3) is 6.76. The van der Waals surface area contributed by atoms with Crippen LogP contribution in [0.5, 0.6) is 0 Å². The van der Waals surface area contributed by atoms with Crippen LogP contribution < -0.4 is 0 Å². The molecule has 0 saturated carbocycles. The zero-order valence-electron chi connectivity index (χ0n) is 8.56. The molecule has 0 radical (unpaired) electrons. The van der Waals surface area contributed by atoms with Crippen molar-refractivity contribution in [3.05, 3.63) is 23.3 Å². The van der Waals surface area contributed by atoms with Crippen LogP contribution in [0, 0.1) is 0 Å². The number of aliphatic carboxylic acids is 1. The second-order valence-electron chi connectivity index (χ2n) is 3.33. The fourth-order valence-electron chi connectivity index (χ4n) is 0.961. The van der Waals surface area contributed by atoms with Crippen molar-refractivity contribution in [1.29, 1.82) is 0 Å². The molecule has 0 saturated heterocycles. The minimum absolute atomic E-state index is 0.195. The van der Waals surface area contributed by atoms with Gasteiger partial charge in [0.1, 0.15) is 0 Å². The predicted molar refractivity (Wildman–Crippen MR) is 50.4 cm³/mol. The predicted octanol–water partition coefficient (Wildman–Crippen LogP) is 3.31. The van der Waals surface area contributed by atoms with E-state index in [9.17, 15) is 18.0 Å². The topological polar surface area (TPSA) is 37.3 Å². The molecule has 0 aromatic rings. The summed E-state index contributed by atoms with van der Waals surface area (Å²) < 4.78 is 36.8. The maximum absolute atomic E-state index is 12.3.